The highest BCUT2D eigenvalue weighted by molar-refractivity contribution is 7.86. The van der Waals surface area contributed by atoms with Crippen LogP contribution in [0.4, 0.5) is 10.1 Å². The molecule has 1 aliphatic carbocycles. The molecule has 1 aromatic carbocycles. The fraction of sp³-hybridized carbons (Fsp3) is 0.500. The zero-order chi connectivity index (χ0) is 14.5. The predicted octanol–water partition coefficient (Wildman–Crippen LogP) is 1.96. The van der Waals surface area contributed by atoms with Crippen LogP contribution in [0.3, 0.4) is 0 Å². The van der Waals surface area contributed by atoms with Gasteiger partial charge in [0.05, 0.1) is 15.7 Å². The molecule has 2 rings (SSSR count). The van der Waals surface area contributed by atoms with Gasteiger partial charge in [-0.2, -0.15) is 0 Å². The van der Waals surface area contributed by atoms with Crippen LogP contribution in [0.25, 0.3) is 0 Å². The Labute approximate surface area is 120 Å². The molecule has 110 valence electrons. The van der Waals surface area contributed by atoms with Crippen LogP contribution in [0.2, 0.25) is 0 Å². The molecular formula is C14H19FN2O2S. The van der Waals surface area contributed by atoms with E-state index in [0.29, 0.717) is 0 Å². The maximum Gasteiger partial charge on any atom is 0.233 e. The number of hydrogen-bond acceptors (Lipinski definition) is 3. The van der Waals surface area contributed by atoms with E-state index in [0.717, 1.165) is 31.7 Å². The third-order valence-corrected chi connectivity index (χ3v) is 4.82. The second kappa shape index (κ2) is 6.83. The van der Waals surface area contributed by atoms with E-state index in [1.165, 1.54) is 18.6 Å². The number of nitrogens with one attached hydrogen (secondary N) is 1. The molecule has 3 N–H and O–H groups in total. The van der Waals surface area contributed by atoms with Crippen LogP contribution in [0.5, 0.6) is 0 Å². The van der Waals surface area contributed by atoms with Gasteiger partial charge in [0, 0.05) is 11.7 Å². The highest BCUT2D eigenvalue weighted by Crippen LogP contribution is 2.19. The zero-order valence-electron chi connectivity index (χ0n) is 11.2. The SMILES string of the molecule is Nc1ccc(F)cc1S(=O)CC(=O)NC1CCCCC1. The number of anilines is 1. The Morgan fingerprint density at radius 2 is 2.05 bits per heavy atom. The summed E-state index contributed by atoms with van der Waals surface area (Å²) in [6, 6.07) is 3.87. The molecule has 0 heterocycles. The number of hydrogen-bond donors (Lipinski definition) is 2. The number of halogens is 1. The van der Waals surface area contributed by atoms with Gasteiger partial charge in [0.25, 0.3) is 0 Å². The molecule has 1 aliphatic rings. The summed E-state index contributed by atoms with van der Waals surface area (Å²) in [5, 5.41) is 2.89. The zero-order valence-corrected chi connectivity index (χ0v) is 12.0. The van der Waals surface area contributed by atoms with Crippen molar-refractivity contribution >= 4 is 22.4 Å². The van der Waals surface area contributed by atoms with Crippen molar-refractivity contribution in [1.82, 2.24) is 5.32 Å². The molecule has 1 saturated carbocycles. The molecule has 0 saturated heterocycles. The quantitative estimate of drug-likeness (QED) is 0.835. The van der Waals surface area contributed by atoms with Crippen molar-refractivity contribution in [3.05, 3.63) is 24.0 Å². The minimum Gasteiger partial charge on any atom is -0.398 e. The van der Waals surface area contributed by atoms with Crippen LogP contribution in [0.1, 0.15) is 32.1 Å². The van der Waals surface area contributed by atoms with Crippen molar-refractivity contribution in [2.24, 2.45) is 0 Å². The first-order valence-electron chi connectivity index (χ1n) is 6.79. The Hall–Kier alpha value is -1.43. The summed E-state index contributed by atoms with van der Waals surface area (Å²) in [4.78, 5) is 12.0. The van der Waals surface area contributed by atoms with Gasteiger partial charge in [0.1, 0.15) is 11.6 Å². The molecule has 1 amide bonds. The average Bonchev–Trinajstić information content (AvgIpc) is 2.42. The molecule has 0 bridgehead atoms. The van der Waals surface area contributed by atoms with Crippen LogP contribution in [0, 0.1) is 5.82 Å². The Morgan fingerprint density at radius 3 is 2.75 bits per heavy atom. The Balaban J connectivity index is 1.93. The minimum absolute atomic E-state index is 0.176. The lowest BCUT2D eigenvalue weighted by Crippen LogP contribution is -2.38. The van der Waals surface area contributed by atoms with E-state index in [1.54, 1.807) is 0 Å². The standard InChI is InChI=1S/C14H19FN2O2S/c15-10-6-7-12(16)13(8-10)20(19)9-14(18)17-11-4-2-1-3-5-11/h6-8,11H,1-5,9,16H2,(H,17,18). The van der Waals surface area contributed by atoms with Crippen molar-refractivity contribution in [2.75, 3.05) is 11.5 Å². The smallest absolute Gasteiger partial charge is 0.233 e. The largest absolute Gasteiger partial charge is 0.398 e. The van der Waals surface area contributed by atoms with E-state index in [1.807, 2.05) is 0 Å². The first-order valence-corrected chi connectivity index (χ1v) is 8.11. The summed E-state index contributed by atoms with van der Waals surface area (Å²) in [6.07, 6.45) is 5.38. The number of rotatable bonds is 4. The summed E-state index contributed by atoms with van der Waals surface area (Å²) in [6.45, 7) is 0. The Kier molecular flexibility index (Phi) is 5.11. The van der Waals surface area contributed by atoms with E-state index < -0.39 is 16.6 Å². The lowest BCUT2D eigenvalue weighted by molar-refractivity contribution is -0.119. The summed E-state index contributed by atoms with van der Waals surface area (Å²) in [7, 11) is -1.62. The second-order valence-corrected chi connectivity index (χ2v) is 6.49. The molecule has 0 radical (unpaired) electrons. The molecule has 1 fully saturated rings. The van der Waals surface area contributed by atoms with E-state index in [2.05, 4.69) is 5.32 Å². The summed E-state index contributed by atoms with van der Waals surface area (Å²) < 4.78 is 25.2. The van der Waals surface area contributed by atoms with Crippen LogP contribution in [-0.4, -0.2) is 21.9 Å². The van der Waals surface area contributed by atoms with Crippen molar-refractivity contribution in [1.29, 1.82) is 0 Å². The van der Waals surface area contributed by atoms with Gasteiger partial charge in [0.15, 0.2) is 0 Å². The molecule has 0 aliphatic heterocycles. The molecule has 4 nitrogen and oxygen atoms in total. The van der Waals surface area contributed by atoms with Gasteiger partial charge in [0.2, 0.25) is 5.91 Å². The van der Waals surface area contributed by atoms with Crippen LogP contribution >= 0.6 is 0 Å². The van der Waals surface area contributed by atoms with Gasteiger partial charge in [-0.15, -0.1) is 0 Å². The van der Waals surface area contributed by atoms with Gasteiger partial charge >= 0.3 is 0 Å². The number of nitrogen functional groups attached to an aromatic ring is 1. The first kappa shape index (κ1) is 15.0. The van der Waals surface area contributed by atoms with Gasteiger partial charge in [-0.05, 0) is 31.0 Å². The van der Waals surface area contributed by atoms with Crippen molar-refractivity contribution in [3.63, 3.8) is 0 Å². The molecule has 0 aromatic heterocycles. The second-order valence-electron chi connectivity index (χ2n) is 5.07. The van der Waals surface area contributed by atoms with Crippen LogP contribution in [0.15, 0.2) is 23.1 Å². The summed E-state index contributed by atoms with van der Waals surface area (Å²) in [5.41, 5.74) is 5.90. The summed E-state index contributed by atoms with van der Waals surface area (Å²) >= 11 is 0. The number of carbonyl (C=O) groups is 1. The monoisotopic (exact) mass is 298 g/mol. The molecule has 1 unspecified atom stereocenters. The third kappa shape index (κ3) is 4.03. The number of nitrogens with two attached hydrogens (primary N) is 1. The lowest BCUT2D eigenvalue weighted by atomic mass is 9.95. The Bertz CT molecular complexity index is 516. The van der Waals surface area contributed by atoms with Gasteiger partial charge < -0.3 is 11.1 Å². The first-order chi connectivity index (χ1) is 9.56. The third-order valence-electron chi connectivity index (χ3n) is 3.45. The van der Waals surface area contributed by atoms with Crippen LogP contribution in [-0.2, 0) is 15.6 Å². The average molecular weight is 298 g/mol. The van der Waals surface area contributed by atoms with E-state index in [4.69, 9.17) is 5.73 Å². The Morgan fingerprint density at radius 1 is 1.35 bits per heavy atom. The minimum atomic E-state index is -1.62. The number of benzene rings is 1. The van der Waals surface area contributed by atoms with E-state index >= 15 is 0 Å². The lowest BCUT2D eigenvalue weighted by Gasteiger charge is -2.22. The predicted molar refractivity (Wildman–Crippen MR) is 77.1 cm³/mol. The number of carbonyl (C=O) groups excluding carboxylic acids is 1. The molecule has 1 aromatic rings. The van der Waals surface area contributed by atoms with Crippen LogP contribution < -0.4 is 11.1 Å². The number of amides is 1. The topological polar surface area (TPSA) is 72.2 Å². The highest BCUT2D eigenvalue weighted by Gasteiger charge is 2.18. The van der Waals surface area contributed by atoms with E-state index in [9.17, 15) is 13.4 Å². The van der Waals surface area contributed by atoms with Gasteiger partial charge in [-0.25, -0.2) is 4.39 Å². The van der Waals surface area contributed by atoms with Crippen molar-refractivity contribution in [2.45, 2.75) is 43.0 Å². The molecule has 1 atom stereocenters. The highest BCUT2D eigenvalue weighted by atomic mass is 32.2. The van der Waals surface area contributed by atoms with Crippen molar-refractivity contribution < 1.29 is 13.4 Å². The maximum atomic E-state index is 13.1. The fourth-order valence-electron chi connectivity index (χ4n) is 2.42. The normalized spacial score (nSPS) is 17.6. The molecular weight excluding hydrogens is 279 g/mol. The maximum absolute atomic E-state index is 13.1. The van der Waals surface area contributed by atoms with Crippen molar-refractivity contribution in [3.8, 4) is 0 Å². The fourth-order valence-corrected chi connectivity index (χ4v) is 3.47. The van der Waals surface area contributed by atoms with Gasteiger partial charge in [-0.3, -0.25) is 9.00 Å². The van der Waals surface area contributed by atoms with Gasteiger partial charge in [-0.1, -0.05) is 19.3 Å². The molecule has 20 heavy (non-hydrogen) atoms. The molecule has 0 spiro atoms. The molecule has 6 heteroatoms. The van der Waals surface area contributed by atoms with E-state index in [-0.39, 0.29) is 28.3 Å². The summed E-state index contributed by atoms with van der Waals surface area (Å²) in [5.74, 6) is -0.946.